The van der Waals surface area contributed by atoms with Crippen LogP contribution in [0.1, 0.15) is 25.5 Å². The monoisotopic (exact) mass is 344 g/mol. The smallest absolute Gasteiger partial charge is 0.113 e. The molecule has 0 aliphatic rings. The van der Waals surface area contributed by atoms with Gasteiger partial charge in [-0.25, -0.2) is 4.68 Å². The van der Waals surface area contributed by atoms with Gasteiger partial charge in [-0.15, -0.1) is 5.10 Å². The number of nitrogens with one attached hydrogen (secondary N) is 1. The predicted octanol–water partition coefficient (Wildman–Crippen LogP) is 3.85. The van der Waals surface area contributed by atoms with Crippen LogP contribution in [0.25, 0.3) is 16.7 Å². The van der Waals surface area contributed by atoms with E-state index in [0.29, 0.717) is 6.04 Å². The van der Waals surface area contributed by atoms with Crippen molar-refractivity contribution in [2.45, 2.75) is 19.9 Å². The first kappa shape index (κ1) is 14.2. The molecule has 0 amide bonds. The molecular weight excluding hydrogens is 328 g/mol. The van der Waals surface area contributed by atoms with Gasteiger partial charge in [-0.3, -0.25) is 0 Å². The normalized spacial score (nSPS) is 12.7. The molecule has 2 aromatic carbocycles. The molecule has 108 valence electrons. The summed E-state index contributed by atoms with van der Waals surface area (Å²) in [4.78, 5) is 0. The van der Waals surface area contributed by atoms with Crippen LogP contribution in [-0.2, 0) is 0 Å². The first-order chi connectivity index (χ1) is 10.2. The molecule has 3 rings (SSSR count). The Bertz CT molecular complexity index is 766. The van der Waals surface area contributed by atoms with Gasteiger partial charge in [0.25, 0.3) is 0 Å². The molecule has 0 bridgehead atoms. The topological polar surface area (TPSA) is 42.7 Å². The Kier molecular flexibility index (Phi) is 4.03. The van der Waals surface area contributed by atoms with E-state index in [1.165, 1.54) is 5.56 Å². The molecule has 0 saturated carbocycles. The zero-order chi connectivity index (χ0) is 14.8. The Morgan fingerprint density at radius 2 is 2.05 bits per heavy atom. The number of rotatable bonds is 4. The molecule has 0 spiro atoms. The van der Waals surface area contributed by atoms with E-state index in [1.807, 2.05) is 28.9 Å². The molecule has 0 fully saturated rings. The van der Waals surface area contributed by atoms with Crippen LogP contribution in [0.2, 0.25) is 0 Å². The van der Waals surface area contributed by atoms with Gasteiger partial charge in [0.1, 0.15) is 5.52 Å². The van der Waals surface area contributed by atoms with Crippen molar-refractivity contribution in [2.75, 3.05) is 6.54 Å². The molecule has 0 saturated heterocycles. The lowest BCUT2D eigenvalue weighted by Crippen LogP contribution is -2.18. The maximum Gasteiger partial charge on any atom is 0.113 e. The lowest BCUT2D eigenvalue weighted by Gasteiger charge is -2.15. The van der Waals surface area contributed by atoms with Crippen LogP contribution >= 0.6 is 15.9 Å². The summed E-state index contributed by atoms with van der Waals surface area (Å²) < 4.78 is 2.94. The number of hydrogen-bond donors (Lipinski definition) is 1. The zero-order valence-corrected chi connectivity index (χ0v) is 13.6. The van der Waals surface area contributed by atoms with Gasteiger partial charge in [-0.2, -0.15) is 0 Å². The van der Waals surface area contributed by atoms with Crippen molar-refractivity contribution in [1.29, 1.82) is 0 Å². The maximum atomic E-state index is 4.25. The molecular formula is C16H17BrN4. The number of benzene rings is 2. The molecule has 1 atom stereocenters. The first-order valence-corrected chi connectivity index (χ1v) is 7.83. The van der Waals surface area contributed by atoms with Crippen LogP contribution < -0.4 is 5.32 Å². The Hall–Kier alpha value is -1.72. The number of para-hydroxylation sites is 1. The molecule has 1 heterocycles. The van der Waals surface area contributed by atoms with Crippen LogP contribution in [0.3, 0.4) is 0 Å². The quantitative estimate of drug-likeness (QED) is 0.781. The third-order valence-corrected chi connectivity index (χ3v) is 4.24. The van der Waals surface area contributed by atoms with E-state index < -0.39 is 0 Å². The van der Waals surface area contributed by atoms with Gasteiger partial charge in [0, 0.05) is 10.5 Å². The summed E-state index contributed by atoms with van der Waals surface area (Å²) >= 11 is 3.67. The SMILES string of the molecule is CCNC(C)c1ccc(-n2nnc3ccccc32)cc1Br. The molecule has 0 aliphatic heterocycles. The fraction of sp³-hybridized carbons (Fsp3) is 0.250. The number of halogens is 1. The van der Waals surface area contributed by atoms with Crippen molar-refractivity contribution in [3.63, 3.8) is 0 Å². The molecule has 0 radical (unpaired) electrons. The molecule has 0 aliphatic carbocycles. The average Bonchev–Trinajstić information content (AvgIpc) is 2.91. The highest BCUT2D eigenvalue weighted by molar-refractivity contribution is 9.10. The van der Waals surface area contributed by atoms with Gasteiger partial charge in [0.2, 0.25) is 0 Å². The second-order valence-corrected chi connectivity index (χ2v) is 5.83. The highest BCUT2D eigenvalue weighted by Gasteiger charge is 2.11. The summed E-state index contributed by atoms with van der Waals surface area (Å²) in [5.74, 6) is 0. The van der Waals surface area contributed by atoms with E-state index in [0.717, 1.165) is 27.7 Å². The average molecular weight is 345 g/mol. The summed E-state index contributed by atoms with van der Waals surface area (Å²) in [5.41, 5.74) is 4.16. The van der Waals surface area contributed by atoms with Crippen LogP contribution in [0, 0.1) is 0 Å². The highest BCUT2D eigenvalue weighted by Crippen LogP contribution is 2.27. The van der Waals surface area contributed by atoms with Gasteiger partial charge in [0.05, 0.1) is 11.2 Å². The van der Waals surface area contributed by atoms with E-state index >= 15 is 0 Å². The van der Waals surface area contributed by atoms with Crippen molar-refractivity contribution in [2.24, 2.45) is 0 Å². The van der Waals surface area contributed by atoms with Crippen LogP contribution in [0.5, 0.6) is 0 Å². The molecule has 5 heteroatoms. The van der Waals surface area contributed by atoms with Crippen molar-refractivity contribution >= 4 is 27.0 Å². The fourth-order valence-electron chi connectivity index (χ4n) is 2.47. The van der Waals surface area contributed by atoms with Crippen molar-refractivity contribution in [3.05, 3.63) is 52.5 Å². The van der Waals surface area contributed by atoms with E-state index in [4.69, 9.17) is 0 Å². The summed E-state index contributed by atoms with van der Waals surface area (Å²) in [6, 6.07) is 14.6. The minimum Gasteiger partial charge on any atom is -0.310 e. The molecule has 1 N–H and O–H groups in total. The van der Waals surface area contributed by atoms with Gasteiger partial charge in [-0.05, 0) is 43.3 Å². The largest absolute Gasteiger partial charge is 0.310 e. The number of hydrogen-bond acceptors (Lipinski definition) is 3. The van der Waals surface area contributed by atoms with Crippen LogP contribution in [-0.4, -0.2) is 21.5 Å². The van der Waals surface area contributed by atoms with E-state index in [9.17, 15) is 0 Å². The van der Waals surface area contributed by atoms with Gasteiger partial charge < -0.3 is 5.32 Å². The number of aromatic nitrogens is 3. The number of nitrogens with zero attached hydrogens (tertiary/aromatic N) is 3. The predicted molar refractivity (Wildman–Crippen MR) is 88.7 cm³/mol. The van der Waals surface area contributed by atoms with E-state index in [2.05, 4.69) is 63.6 Å². The third kappa shape index (κ3) is 2.71. The van der Waals surface area contributed by atoms with E-state index in [1.54, 1.807) is 0 Å². The standard InChI is InChI=1S/C16H17BrN4/c1-3-18-11(2)13-9-8-12(10-14(13)17)21-16-7-5-4-6-15(16)19-20-21/h4-11,18H,3H2,1-2H3. The minimum absolute atomic E-state index is 0.311. The second-order valence-electron chi connectivity index (χ2n) is 4.98. The molecule has 21 heavy (non-hydrogen) atoms. The summed E-state index contributed by atoms with van der Waals surface area (Å²) in [6.07, 6.45) is 0. The Morgan fingerprint density at radius 1 is 1.24 bits per heavy atom. The summed E-state index contributed by atoms with van der Waals surface area (Å²) in [6.45, 7) is 5.22. The molecule has 4 nitrogen and oxygen atoms in total. The Labute approximate surface area is 132 Å². The van der Waals surface area contributed by atoms with Crippen molar-refractivity contribution in [1.82, 2.24) is 20.3 Å². The van der Waals surface area contributed by atoms with Gasteiger partial charge in [-0.1, -0.05) is 46.3 Å². The van der Waals surface area contributed by atoms with Crippen LogP contribution in [0.15, 0.2) is 46.9 Å². The maximum absolute atomic E-state index is 4.25. The second kappa shape index (κ2) is 5.95. The van der Waals surface area contributed by atoms with Crippen molar-refractivity contribution in [3.8, 4) is 5.69 Å². The van der Waals surface area contributed by atoms with Gasteiger partial charge >= 0.3 is 0 Å². The lowest BCUT2D eigenvalue weighted by atomic mass is 10.1. The molecule has 1 aromatic heterocycles. The van der Waals surface area contributed by atoms with Crippen LogP contribution in [0.4, 0.5) is 0 Å². The highest BCUT2D eigenvalue weighted by atomic mass is 79.9. The molecule has 1 unspecified atom stereocenters. The van der Waals surface area contributed by atoms with Crippen molar-refractivity contribution < 1.29 is 0 Å². The lowest BCUT2D eigenvalue weighted by molar-refractivity contribution is 0.596. The molecule has 3 aromatic rings. The Balaban J connectivity index is 2.02. The first-order valence-electron chi connectivity index (χ1n) is 7.04. The fourth-order valence-corrected chi connectivity index (χ4v) is 3.18. The number of fused-ring (bicyclic) bond motifs is 1. The summed E-state index contributed by atoms with van der Waals surface area (Å²) in [7, 11) is 0. The Morgan fingerprint density at radius 3 is 2.81 bits per heavy atom. The van der Waals surface area contributed by atoms with E-state index in [-0.39, 0.29) is 0 Å². The zero-order valence-electron chi connectivity index (χ0n) is 12.0. The minimum atomic E-state index is 0.311. The van der Waals surface area contributed by atoms with Gasteiger partial charge in [0.15, 0.2) is 0 Å². The summed E-state index contributed by atoms with van der Waals surface area (Å²) in [5, 5.41) is 11.9. The third-order valence-electron chi connectivity index (χ3n) is 3.56.